The van der Waals surface area contributed by atoms with Gasteiger partial charge in [0.05, 0.1) is 27.9 Å². The Hall–Kier alpha value is -5.73. The monoisotopic (exact) mass is 797 g/mol. The van der Waals surface area contributed by atoms with Crippen LogP contribution in [0, 0.1) is 5.92 Å². The average Bonchev–Trinajstić information content (AvgIpc) is 3.69. The van der Waals surface area contributed by atoms with E-state index in [-0.39, 0.29) is 30.0 Å². The quantitative estimate of drug-likeness (QED) is 0.191. The number of nitrogens with one attached hydrogen (secondary N) is 3. The molecular formula is C44H47N9O4S. The number of aromatic nitrogens is 3. The fourth-order valence-corrected chi connectivity index (χ4v) is 10.5. The number of aryl methyl sites for hydroxylation is 1. The molecule has 0 saturated carbocycles. The average molecular weight is 798 g/mol. The number of imidazole rings is 1. The van der Waals surface area contributed by atoms with E-state index < -0.39 is 11.9 Å². The Morgan fingerprint density at radius 3 is 2.34 bits per heavy atom. The van der Waals surface area contributed by atoms with Crippen LogP contribution in [-0.2, 0) is 16.6 Å². The summed E-state index contributed by atoms with van der Waals surface area (Å²) in [7, 11) is 1.75. The number of piperidine rings is 2. The molecule has 0 aliphatic carbocycles. The molecule has 0 bridgehead atoms. The molecule has 1 unspecified atom stereocenters. The molecule has 3 saturated heterocycles. The van der Waals surface area contributed by atoms with E-state index in [4.69, 9.17) is 4.98 Å². The second-order valence-corrected chi connectivity index (χ2v) is 17.4. The normalized spacial score (nSPS) is 21.0. The molecule has 4 aliphatic heterocycles. The number of nitrogens with zero attached hydrogens (tertiary/aromatic N) is 6. The molecule has 2 atom stereocenters. The largest absolute Gasteiger partial charge is 0.381 e. The summed E-state index contributed by atoms with van der Waals surface area (Å²) in [6, 6.07) is 22.6. The molecule has 3 aromatic heterocycles. The van der Waals surface area contributed by atoms with Crippen LogP contribution in [0.2, 0.25) is 0 Å². The van der Waals surface area contributed by atoms with Crippen molar-refractivity contribution in [2.75, 3.05) is 67.5 Å². The number of piperazine rings is 1. The van der Waals surface area contributed by atoms with Crippen molar-refractivity contribution in [3.8, 4) is 11.3 Å². The van der Waals surface area contributed by atoms with Crippen LogP contribution in [0.15, 0.2) is 71.5 Å². The van der Waals surface area contributed by atoms with Gasteiger partial charge < -0.3 is 20.4 Å². The van der Waals surface area contributed by atoms with Crippen LogP contribution in [0.1, 0.15) is 48.3 Å². The lowest BCUT2D eigenvalue weighted by atomic mass is 9.95. The molecule has 13 nitrogen and oxygen atoms in total. The third-order valence-corrected chi connectivity index (χ3v) is 13.8. The maximum Gasteiger partial charge on any atom is 0.329 e. The van der Waals surface area contributed by atoms with Crippen LogP contribution in [0.5, 0.6) is 0 Å². The molecule has 0 spiro atoms. The number of benzene rings is 3. The Bertz CT molecular complexity index is 2670. The number of thiophene rings is 1. The Morgan fingerprint density at radius 2 is 1.57 bits per heavy atom. The van der Waals surface area contributed by atoms with Crippen molar-refractivity contribution in [1.82, 2.24) is 29.7 Å². The molecule has 3 amide bonds. The van der Waals surface area contributed by atoms with Gasteiger partial charge in [-0.1, -0.05) is 12.1 Å². The van der Waals surface area contributed by atoms with Crippen LogP contribution in [0.4, 0.5) is 17.1 Å². The van der Waals surface area contributed by atoms with Crippen molar-refractivity contribution < 1.29 is 14.4 Å². The number of pyridine rings is 1. The Kier molecular flexibility index (Phi) is 9.20. The number of hydrogen-bond acceptors (Lipinski definition) is 10. The minimum atomic E-state index is -0.678. The number of carbonyl (C=O) groups excluding carboxylic acids is 3. The lowest BCUT2D eigenvalue weighted by Gasteiger charge is -2.40. The summed E-state index contributed by atoms with van der Waals surface area (Å²) in [5.74, 6) is -0.0767. The van der Waals surface area contributed by atoms with E-state index in [0.29, 0.717) is 18.9 Å². The van der Waals surface area contributed by atoms with E-state index in [9.17, 15) is 19.2 Å². The Labute approximate surface area is 339 Å². The van der Waals surface area contributed by atoms with Crippen molar-refractivity contribution in [2.45, 2.75) is 44.7 Å². The first-order chi connectivity index (χ1) is 28.2. The Morgan fingerprint density at radius 1 is 0.810 bits per heavy atom. The molecule has 3 N–H and O–H groups in total. The van der Waals surface area contributed by atoms with Crippen LogP contribution in [-0.4, -0.2) is 95.1 Å². The topological polar surface area (TPSA) is 137 Å². The minimum absolute atomic E-state index is 0.0172. The second-order valence-electron chi connectivity index (χ2n) is 16.4. The molecule has 298 valence electrons. The standard InChI is InChI=1S/C44H47N9O4S/c1-26-24-45-40-39-31-8-9-32(47-33(31)10-13-37(39)58-41(40)43(56)46-26)28-3-5-29(6-4-28)52-21-19-50(20-22-52)25-27-15-17-51(18-16-27)30-7-11-34-36(23-30)49(2)44(57)53(34)35-12-14-38(54)48-42(35)55/h3-11,13,23,26-27,35,45H,12,14-22,24-25H2,1-2H3,(H,46,56)(H,48,54,55)/t26-,35?/m1/s1. The molecule has 6 aromatic rings. The van der Waals surface area contributed by atoms with Crippen LogP contribution in [0.25, 0.3) is 43.3 Å². The summed E-state index contributed by atoms with van der Waals surface area (Å²) in [6.07, 6.45) is 2.79. The van der Waals surface area contributed by atoms with Gasteiger partial charge in [0.2, 0.25) is 11.8 Å². The summed E-state index contributed by atoms with van der Waals surface area (Å²) < 4.78 is 4.24. The molecule has 7 heterocycles. The molecule has 10 rings (SSSR count). The molecule has 58 heavy (non-hydrogen) atoms. The van der Waals surface area contributed by atoms with Crippen LogP contribution >= 0.6 is 11.3 Å². The number of carbonyl (C=O) groups is 3. The van der Waals surface area contributed by atoms with Gasteiger partial charge in [-0.05, 0) is 86.7 Å². The summed E-state index contributed by atoms with van der Waals surface area (Å²) in [5.41, 5.74) is 7.47. The van der Waals surface area contributed by atoms with E-state index in [1.807, 2.05) is 13.0 Å². The van der Waals surface area contributed by atoms with E-state index >= 15 is 0 Å². The molecule has 4 aliphatic rings. The molecule has 14 heteroatoms. The maximum absolute atomic E-state index is 13.2. The van der Waals surface area contributed by atoms with Crippen molar-refractivity contribution in [3.63, 3.8) is 0 Å². The number of rotatable bonds is 6. The Balaban J connectivity index is 0.743. The fourth-order valence-electron chi connectivity index (χ4n) is 9.44. The molecule has 0 radical (unpaired) electrons. The smallest absolute Gasteiger partial charge is 0.329 e. The van der Waals surface area contributed by atoms with Gasteiger partial charge in [0, 0.05) is 104 Å². The highest BCUT2D eigenvalue weighted by molar-refractivity contribution is 7.21. The van der Waals surface area contributed by atoms with Gasteiger partial charge in [-0.25, -0.2) is 9.78 Å². The third-order valence-electron chi connectivity index (χ3n) is 12.7. The number of hydrogen-bond donors (Lipinski definition) is 3. The van der Waals surface area contributed by atoms with Crippen molar-refractivity contribution in [3.05, 3.63) is 82.1 Å². The molecule has 3 aromatic carbocycles. The van der Waals surface area contributed by atoms with E-state index in [1.165, 1.54) is 17.0 Å². The van der Waals surface area contributed by atoms with Gasteiger partial charge in [0.15, 0.2) is 0 Å². The van der Waals surface area contributed by atoms with Gasteiger partial charge in [0.1, 0.15) is 10.9 Å². The SMILES string of the molecule is C[C@@H]1CNc2c(sc3ccc4nc(-c5ccc(N6CCN(CC7CCN(c8ccc9c(c8)n(C)c(=O)n9C8CCC(=O)NC8=O)CC7)CC6)cc5)ccc4c23)C(=O)N1. The molecule has 3 fully saturated rings. The van der Waals surface area contributed by atoms with E-state index in [2.05, 4.69) is 91.3 Å². The lowest BCUT2D eigenvalue weighted by molar-refractivity contribution is -0.135. The first kappa shape index (κ1) is 36.6. The van der Waals surface area contributed by atoms with Gasteiger partial charge in [-0.3, -0.25) is 33.7 Å². The summed E-state index contributed by atoms with van der Waals surface area (Å²) >= 11 is 1.53. The molecular weight excluding hydrogens is 751 g/mol. The highest BCUT2D eigenvalue weighted by atomic mass is 32.1. The zero-order chi connectivity index (χ0) is 39.7. The summed E-state index contributed by atoms with van der Waals surface area (Å²) in [4.78, 5) is 63.7. The maximum atomic E-state index is 13.2. The summed E-state index contributed by atoms with van der Waals surface area (Å²) in [5, 5.41) is 11.1. The first-order valence-electron chi connectivity index (χ1n) is 20.5. The highest BCUT2D eigenvalue weighted by Crippen LogP contribution is 2.41. The fraction of sp³-hybridized carbons (Fsp3) is 0.386. The lowest BCUT2D eigenvalue weighted by Crippen LogP contribution is -2.49. The predicted molar refractivity (Wildman–Crippen MR) is 230 cm³/mol. The zero-order valence-corrected chi connectivity index (χ0v) is 33.6. The number of amides is 3. The summed E-state index contributed by atoms with van der Waals surface area (Å²) in [6.45, 7) is 9.81. The second kappa shape index (κ2) is 14.6. The minimum Gasteiger partial charge on any atom is -0.381 e. The van der Waals surface area contributed by atoms with E-state index in [1.54, 1.807) is 16.2 Å². The van der Waals surface area contributed by atoms with Crippen molar-refractivity contribution in [1.29, 1.82) is 0 Å². The van der Waals surface area contributed by atoms with Gasteiger partial charge in [-0.2, -0.15) is 0 Å². The van der Waals surface area contributed by atoms with Crippen molar-refractivity contribution in [2.24, 2.45) is 13.0 Å². The van der Waals surface area contributed by atoms with Crippen LogP contribution < -0.4 is 31.4 Å². The van der Waals surface area contributed by atoms with Gasteiger partial charge in [0.25, 0.3) is 5.91 Å². The number of fused-ring (bicyclic) bond motifs is 6. The van der Waals surface area contributed by atoms with E-state index in [0.717, 1.165) is 118 Å². The van der Waals surface area contributed by atoms with Crippen LogP contribution in [0.3, 0.4) is 0 Å². The van der Waals surface area contributed by atoms with Crippen molar-refractivity contribution >= 4 is 78.1 Å². The number of imide groups is 1. The van der Waals surface area contributed by atoms with Gasteiger partial charge >= 0.3 is 5.69 Å². The van der Waals surface area contributed by atoms with Gasteiger partial charge in [-0.15, -0.1) is 11.3 Å². The number of anilines is 3. The predicted octanol–water partition coefficient (Wildman–Crippen LogP) is 5.33. The third kappa shape index (κ3) is 6.48. The highest BCUT2D eigenvalue weighted by Gasteiger charge is 2.32. The zero-order valence-electron chi connectivity index (χ0n) is 32.8. The first-order valence-corrected chi connectivity index (χ1v) is 21.3.